The molecule has 0 saturated heterocycles. The predicted molar refractivity (Wildman–Crippen MR) is 146 cm³/mol. The van der Waals surface area contributed by atoms with Gasteiger partial charge in [0.2, 0.25) is 0 Å². The highest BCUT2D eigenvalue weighted by Gasteiger charge is 2.28. The van der Waals surface area contributed by atoms with Crippen molar-refractivity contribution in [2.75, 3.05) is 37.9 Å². The van der Waals surface area contributed by atoms with Crippen LogP contribution in [0.15, 0.2) is 23.0 Å². The molecule has 3 rings (SSSR count). The number of nitrogens with zero attached hydrogens (tertiary/aromatic N) is 3. The van der Waals surface area contributed by atoms with Crippen molar-refractivity contribution in [1.82, 2.24) is 14.8 Å². The van der Waals surface area contributed by atoms with Gasteiger partial charge in [0.1, 0.15) is 5.82 Å². The first-order valence-electron chi connectivity index (χ1n) is 12.5. The standard InChI is InChI=1S/C27H40ClN5O2/c1-8-33(21-11-9-20(10-12-21)31(5)6)24-14-19(28)13-22(17(24)2)27(35)30-16-23-18(3)32(7)26(29-4)15-25(23)34/h13-15,20-21,29H,8-12,16H2,1-7H3,(H,30,35)/t20-,21-. The average Bonchev–Trinajstić information content (AvgIpc) is 2.83. The third kappa shape index (κ3) is 5.84. The fourth-order valence-electron chi connectivity index (χ4n) is 5.30. The van der Waals surface area contributed by atoms with Gasteiger partial charge in [-0.05, 0) is 78.2 Å². The molecular formula is C27H40ClN5O2. The van der Waals surface area contributed by atoms with Crippen molar-refractivity contribution in [2.24, 2.45) is 7.05 Å². The summed E-state index contributed by atoms with van der Waals surface area (Å²) in [6, 6.07) is 6.32. The van der Waals surface area contributed by atoms with Gasteiger partial charge in [0, 0.05) is 72.9 Å². The van der Waals surface area contributed by atoms with E-state index in [-0.39, 0.29) is 17.9 Å². The van der Waals surface area contributed by atoms with E-state index in [1.165, 1.54) is 12.8 Å². The molecule has 192 valence electrons. The van der Waals surface area contributed by atoms with Crippen molar-refractivity contribution < 1.29 is 4.79 Å². The summed E-state index contributed by atoms with van der Waals surface area (Å²) in [4.78, 5) is 30.6. The van der Waals surface area contributed by atoms with Gasteiger partial charge in [0.25, 0.3) is 5.91 Å². The van der Waals surface area contributed by atoms with E-state index in [1.54, 1.807) is 19.2 Å². The van der Waals surface area contributed by atoms with Gasteiger partial charge >= 0.3 is 0 Å². The molecule has 2 N–H and O–H groups in total. The zero-order chi connectivity index (χ0) is 25.9. The lowest BCUT2D eigenvalue weighted by molar-refractivity contribution is 0.0950. The van der Waals surface area contributed by atoms with Gasteiger partial charge in [0.05, 0.1) is 0 Å². The summed E-state index contributed by atoms with van der Waals surface area (Å²) in [5.74, 6) is 0.509. The van der Waals surface area contributed by atoms with Gasteiger partial charge in [-0.2, -0.15) is 0 Å². The minimum absolute atomic E-state index is 0.0979. The van der Waals surface area contributed by atoms with Crippen molar-refractivity contribution >= 4 is 29.0 Å². The number of aromatic nitrogens is 1. The molecule has 1 aliphatic rings. The Morgan fingerprint density at radius 3 is 2.31 bits per heavy atom. The largest absolute Gasteiger partial charge is 0.374 e. The van der Waals surface area contributed by atoms with Gasteiger partial charge in [-0.1, -0.05) is 11.6 Å². The van der Waals surface area contributed by atoms with Crippen LogP contribution < -0.4 is 21.0 Å². The first-order valence-corrected chi connectivity index (χ1v) is 12.8. The summed E-state index contributed by atoms with van der Waals surface area (Å²) in [7, 11) is 7.98. The second-order valence-corrected chi connectivity index (χ2v) is 10.2. The van der Waals surface area contributed by atoms with Crippen LogP contribution in [0.4, 0.5) is 11.5 Å². The number of nitrogens with one attached hydrogen (secondary N) is 2. The van der Waals surface area contributed by atoms with E-state index < -0.39 is 0 Å². The number of benzene rings is 1. The number of halogens is 1. The second-order valence-electron chi connectivity index (χ2n) is 9.76. The summed E-state index contributed by atoms with van der Waals surface area (Å²) in [6.07, 6.45) is 4.58. The molecule has 1 heterocycles. The average molecular weight is 502 g/mol. The maximum atomic E-state index is 13.3. The second kappa shape index (κ2) is 11.5. The number of hydrogen-bond acceptors (Lipinski definition) is 5. The van der Waals surface area contributed by atoms with Crippen molar-refractivity contribution in [3.05, 3.63) is 55.8 Å². The van der Waals surface area contributed by atoms with Gasteiger partial charge in [0.15, 0.2) is 5.43 Å². The lowest BCUT2D eigenvalue weighted by Gasteiger charge is -2.40. The fraction of sp³-hybridized carbons (Fsp3) is 0.556. The first-order chi connectivity index (χ1) is 16.6. The van der Waals surface area contributed by atoms with Crippen LogP contribution in [0.3, 0.4) is 0 Å². The highest BCUT2D eigenvalue weighted by molar-refractivity contribution is 6.31. The normalized spacial score (nSPS) is 18.0. The SMILES string of the molecule is CCN(c1cc(Cl)cc(C(=O)NCc2c(C)n(C)c(NC)cc2=O)c1C)[C@H]1CC[C@H](N(C)C)CC1. The Balaban J connectivity index is 1.83. The summed E-state index contributed by atoms with van der Waals surface area (Å²) in [5.41, 5.74) is 3.78. The highest BCUT2D eigenvalue weighted by atomic mass is 35.5. The summed E-state index contributed by atoms with van der Waals surface area (Å²) in [6.45, 7) is 7.05. The molecule has 0 radical (unpaired) electrons. The lowest BCUT2D eigenvalue weighted by atomic mass is 9.89. The molecule has 0 spiro atoms. The minimum Gasteiger partial charge on any atom is -0.374 e. The topological polar surface area (TPSA) is 69.6 Å². The van der Waals surface area contributed by atoms with E-state index in [4.69, 9.17) is 11.6 Å². The number of amides is 1. The molecule has 7 nitrogen and oxygen atoms in total. The van der Waals surface area contributed by atoms with Crippen LogP contribution in [0.25, 0.3) is 0 Å². The minimum atomic E-state index is -0.224. The highest BCUT2D eigenvalue weighted by Crippen LogP contribution is 2.34. The number of carbonyl (C=O) groups is 1. The van der Waals surface area contributed by atoms with Crippen LogP contribution >= 0.6 is 11.6 Å². The van der Waals surface area contributed by atoms with Gasteiger partial charge in [-0.3, -0.25) is 9.59 Å². The number of anilines is 2. The van der Waals surface area contributed by atoms with Crippen LogP contribution in [-0.4, -0.2) is 55.1 Å². The molecule has 0 atom stereocenters. The van der Waals surface area contributed by atoms with Crippen molar-refractivity contribution in [3.8, 4) is 0 Å². The Morgan fingerprint density at radius 2 is 1.74 bits per heavy atom. The monoisotopic (exact) mass is 501 g/mol. The third-order valence-corrected chi connectivity index (χ3v) is 7.84. The molecule has 0 bridgehead atoms. The zero-order valence-electron chi connectivity index (χ0n) is 22.2. The van der Waals surface area contributed by atoms with Crippen LogP contribution in [0.2, 0.25) is 5.02 Å². The number of carbonyl (C=O) groups excluding carboxylic acids is 1. The quantitative estimate of drug-likeness (QED) is 0.563. The molecule has 1 amide bonds. The molecule has 1 saturated carbocycles. The molecule has 1 fully saturated rings. The molecule has 1 aromatic carbocycles. The summed E-state index contributed by atoms with van der Waals surface area (Å²) >= 11 is 6.52. The lowest BCUT2D eigenvalue weighted by Crippen LogP contribution is -2.42. The van der Waals surface area contributed by atoms with Crippen molar-refractivity contribution in [3.63, 3.8) is 0 Å². The summed E-state index contributed by atoms with van der Waals surface area (Å²) in [5, 5.41) is 6.52. The van der Waals surface area contributed by atoms with Crippen LogP contribution in [0, 0.1) is 13.8 Å². The maximum absolute atomic E-state index is 13.3. The Labute approximate surface area is 214 Å². The molecule has 1 aliphatic carbocycles. The smallest absolute Gasteiger partial charge is 0.251 e. The van der Waals surface area contributed by atoms with E-state index >= 15 is 0 Å². The fourth-order valence-corrected chi connectivity index (χ4v) is 5.51. The van der Waals surface area contributed by atoms with E-state index in [0.717, 1.165) is 42.1 Å². The molecule has 2 aromatic rings. The Hall–Kier alpha value is -2.51. The Morgan fingerprint density at radius 1 is 1.11 bits per heavy atom. The molecule has 8 heteroatoms. The van der Waals surface area contributed by atoms with Gasteiger partial charge in [-0.15, -0.1) is 0 Å². The van der Waals surface area contributed by atoms with Gasteiger partial charge in [-0.25, -0.2) is 0 Å². The van der Waals surface area contributed by atoms with Crippen LogP contribution in [-0.2, 0) is 13.6 Å². The van der Waals surface area contributed by atoms with Crippen molar-refractivity contribution in [1.29, 1.82) is 0 Å². The van der Waals surface area contributed by atoms with E-state index in [2.05, 4.69) is 41.5 Å². The summed E-state index contributed by atoms with van der Waals surface area (Å²) < 4.78 is 1.91. The van der Waals surface area contributed by atoms with Crippen molar-refractivity contribution in [2.45, 2.75) is 65.1 Å². The predicted octanol–water partition coefficient (Wildman–Crippen LogP) is 4.33. The zero-order valence-corrected chi connectivity index (χ0v) is 22.9. The van der Waals surface area contributed by atoms with E-state index in [9.17, 15) is 9.59 Å². The molecule has 0 unspecified atom stereocenters. The Kier molecular flexibility index (Phi) is 8.89. The van der Waals surface area contributed by atoms with Crippen LogP contribution in [0.5, 0.6) is 0 Å². The number of pyridine rings is 1. The number of hydrogen-bond donors (Lipinski definition) is 2. The molecule has 35 heavy (non-hydrogen) atoms. The molecular weight excluding hydrogens is 462 g/mol. The molecule has 0 aliphatic heterocycles. The van der Waals surface area contributed by atoms with E-state index in [1.807, 2.05) is 31.5 Å². The third-order valence-electron chi connectivity index (χ3n) is 7.63. The molecule has 1 aromatic heterocycles. The van der Waals surface area contributed by atoms with Gasteiger partial charge < -0.3 is 25.0 Å². The van der Waals surface area contributed by atoms with Crippen LogP contribution in [0.1, 0.15) is 59.8 Å². The first kappa shape index (κ1) is 27.1. The maximum Gasteiger partial charge on any atom is 0.251 e. The number of rotatable bonds is 8. The van der Waals surface area contributed by atoms with E-state index in [0.29, 0.717) is 28.2 Å². The Bertz CT molecular complexity index is 1120.